The Hall–Kier alpha value is -0.160. The molecule has 0 aliphatic rings. The van der Waals surface area contributed by atoms with Crippen LogP contribution in [-0.2, 0) is 14.2 Å². The van der Waals surface area contributed by atoms with Gasteiger partial charge in [0.1, 0.15) is 0 Å². The molecular formula is C9H21NO3. The molecule has 0 saturated carbocycles. The second kappa shape index (κ2) is 9.92. The van der Waals surface area contributed by atoms with E-state index in [1.54, 1.807) is 14.2 Å². The van der Waals surface area contributed by atoms with Crippen molar-refractivity contribution >= 4 is 0 Å². The van der Waals surface area contributed by atoms with Crippen LogP contribution in [0, 0.1) is 0 Å². The van der Waals surface area contributed by atoms with Crippen LogP contribution in [0.4, 0.5) is 0 Å². The van der Waals surface area contributed by atoms with Gasteiger partial charge in [-0.25, -0.2) is 0 Å². The van der Waals surface area contributed by atoms with Gasteiger partial charge < -0.3 is 19.5 Å². The Morgan fingerprint density at radius 2 is 1.85 bits per heavy atom. The molecule has 0 spiro atoms. The molecule has 0 heterocycles. The van der Waals surface area contributed by atoms with Crippen LogP contribution in [0.2, 0.25) is 0 Å². The largest absolute Gasteiger partial charge is 0.385 e. The zero-order chi connectivity index (χ0) is 9.94. The minimum absolute atomic E-state index is 0.285. The van der Waals surface area contributed by atoms with Gasteiger partial charge in [0.2, 0.25) is 0 Å². The molecule has 0 rings (SSSR count). The lowest BCUT2D eigenvalue weighted by molar-refractivity contribution is 0.0643. The van der Waals surface area contributed by atoms with Crippen LogP contribution >= 0.6 is 0 Å². The Balaban J connectivity index is 3.17. The summed E-state index contributed by atoms with van der Waals surface area (Å²) in [4.78, 5) is 0. The summed E-state index contributed by atoms with van der Waals surface area (Å²) < 4.78 is 15.3. The number of likely N-dealkylation sites (N-methyl/N-ethyl adjacent to an activating group) is 1. The fraction of sp³-hybridized carbons (Fsp3) is 1.00. The fourth-order valence-electron chi connectivity index (χ4n) is 0.947. The number of ether oxygens (including phenoxy) is 3. The molecule has 0 aromatic heterocycles. The normalized spacial score (nSPS) is 13.2. The number of methoxy groups -OCH3 is 2. The molecule has 13 heavy (non-hydrogen) atoms. The van der Waals surface area contributed by atoms with Crippen LogP contribution in [0.25, 0.3) is 0 Å². The molecule has 1 unspecified atom stereocenters. The third-order valence-corrected chi connectivity index (χ3v) is 1.73. The van der Waals surface area contributed by atoms with Crippen molar-refractivity contribution in [3.05, 3.63) is 0 Å². The van der Waals surface area contributed by atoms with E-state index in [0.717, 1.165) is 19.6 Å². The molecule has 4 nitrogen and oxygen atoms in total. The number of nitrogens with one attached hydrogen (secondary N) is 1. The van der Waals surface area contributed by atoms with Crippen LogP contribution in [0.3, 0.4) is 0 Å². The lowest BCUT2D eigenvalue weighted by atomic mass is 10.3. The molecule has 0 aliphatic carbocycles. The summed E-state index contributed by atoms with van der Waals surface area (Å²) in [6, 6.07) is 0.285. The molecule has 0 fully saturated rings. The van der Waals surface area contributed by atoms with E-state index in [-0.39, 0.29) is 6.04 Å². The first-order valence-corrected chi connectivity index (χ1v) is 4.58. The summed E-state index contributed by atoms with van der Waals surface area (Å²) in [5.74, 6) is 0. The highest BCUT2D eigenvalue weighted by Crippen LogP contribution is 1.89. The maximum Gasteiger partial charge on any atom is 0.0642 e. The molecule has 0 saturated heterocycles. The first-order valence-electron chi connectivity index (χ1n) is 4.58. The molecule has 0 radical (unpaired) electrons. The van der Waals surface area contributed by atoms with E-state index >= 15 is 0 Å². The molecular weight excluding hydrogens is 170 g/mol. The molecule has 1 N–H and O–H groups in total. The van der Waals surface area contributed by atoms with Gasteiger partial charge in [-0.2, -0.15) is 0 Å². The van der Waals surface area contributed by atoms with Gasteiger partial charge in [-0.1, -0.05) is 0 Å². The predicted molar refractivity (Wildman–Crippen MR) is 52.0 cm³/mol. The smallest absolute Gasteiger partial charge is 0.0642 e. The van der Waals surface area contributed by atoms with Crippen LogP contribution in [0.5, 0.6) is 0 Å². The summed E-state index contributed by atoms with van der Waals surface area (Å²) in [5, 5.41) is 3.11. The molecule has 0 bridgehead atoms. The second-order valence-corrected chi connectivity index (χ2v) is 2.86. The molecule has 0 aliphatic heterocycles. The fourth-order valence-corrected chi connectivity index (χ4v) is 0.947. The predicted octanol–water partition coefficient (Wildman–Crippen LogP) is 0.274. The van der Waals surface area contributed by atoms with E-state index in [4.69, 9.17) is 14.2 Å². The van der Waals surface area contributed by atoms with Gasteiger partial charge in [-0.15, -0.1) is 0 Å². The zero-order valence-corrected chi connectivity index (χ0v) is 8.84. The first-order chi connectivity index (χ1) is 6.35. The standard InChI is InChI=1S/C9H21NO3/c1-10-9(7-12-3)8-13-6-4-5-11-2/h9-10H,4-8H2,1-3H3. The Morgan fingerprint density at radius 3 is 2.38 bits per heavy atom. The highest BCUT2D eigenvalue weighted by atomic mass is 16.5. The molecule has 0 aromatic carbocycles. The van der Waals surface area contributed by atoms with Crippen LogP contribution in [0.1, 0.15) is 6.42 Å². The van der Waals surface area contributed by atoms with Crippen LogP contribution in [0.15, 0.2) is 0 Å². The summed E-state index contributed by atoms with van der Waals surface area (Å²) in [7, 11) is 5.29. The molecule has 0 aromatic rings. The Bertz CT molecular complexity index is 101. The Labute approximate surface area is 80.5 Å². The van der Waals surface area contributed by atoms with Crippen molar-refractivity contribution in [2.24, 2.45) is 0 Å². The lowest BCUT2D eigenvalue weighted by Crippen LogP contribution is -2.34. The first kappa shape index (κ1) is 12.8. The maximum absolute atomic E-state index is 5.42. The highest BCUT2D eigenvalue weighted by Gasteiger charge is 2.04. The van der Waals surface area contributed by atoms with E-state index in [1.165, 1.54) is 0 Å². The highest BCUT2D eigenvalue weighted by molar-refractivity contribution is 4.61. The van der Waals surface area contributed by atoms with Crippen molar-refractivity contribution in [1.29, 1.82) is 0 Å². The number of hydrogen-bond acceptors (Lipinski definition) is 4. The quantitative estimate of drug-likeness (QED) is 0.531. The molecule has 0 amide bonds. The van der Waals surface area contributed by atoms with Gasteiger partial charge >= 0.3 is 0 Å². The van der Waals surface area contributed by atoms with E-state index in [9.17, 15) is 0 Å². The van der Waals surface area contributed by atoms with E-state index < -0.39 is 0 Å². The second-order valence-electron chi connectivity index (χ2n) is 2.86. The maximum atomic E-state index is 5.42. The van der Waals surface area contributed by atoms with Crippen molar-refractivity contribution < 1.29 is 14.2 Å². The lowest BCUT2D eigenvalue weighted by Gasteiger charge is -2.14. The molecule has 4 heteroatoms. The summed E-state index contributed by atoms with van der Waals surface area (Å²) in [5.41, 5.74) is 0. The molecule has 80 valence electrons. The Morgan fingerprint density at radius 1 is 1.08 bits per heavy atom. The minimum atomic E-state index is 0.285. The van der Waals surface area contributed by atoms with Gasteiger partial charge in [-0.05, 0) is 13.5 Å². The zero-order valence-electron chi connectivity index (χ0n) is 8.84. The van der Waals surface area contributed by atoms with E-state index in [1.807, 2.05) is 7.05 Å². The summed E-state index contributed by atoms with van der Waals surface area (Å²) >= 11 is 0. The van der Waals surface area contributed by atoms with Crippen molar-refractivity contribution in [2.45, 2.75) is 12.5 Å². The van der Waals surface area contributed by atoms with Gasteiger partial charge in [0.25, 0.3) is 0 Å². The topological polar surface area (TPSA) is 39.7 Å². The average molecular weight is 191 g/mol. The van der Waals surface area contributed by atoms with Crippen molar-refractivity contribution in [1.82, 2.24) is 5.32 Å². The van der Waals surface area contributed by atoms with E-state index in [0.29, 0.717) is 13.2 Å². The van der Waals surface area contributed by atoms with Crippen molar-refractivity contribution in [3.8, 4) is 0 Å². The summed E-state index contributed by atoms with van der Waals surface area (Å²) in [6.45, 7) is 2.87. The number of hydrogen-bond donors (Lipinski definition) is 1. The van der Waals surface area contributed by atoms with Crippen LogP contribution < -0.4 is 5.32 Å². The average Bonchev–Trinajstić information content (AvgIpc) is 2.16. The van der Waals surface area contributed by atoms with Gasteiger partial charge in [0, 0.05) is 27.4 Å². The van der Waals surface area contributed by atoms with Gasteiger partial charge in [0.05, 0.1) is 19.3 Å². The number of rotatable bonds is 9. The van der Waals surface area contributed by atoms with Crippen molar-refractivity contribution in [3.63, 3.8) is 0 Å². The monoisotopic (exact) mass is 191 g/mol. The van der Waals surface area contributed by atoms with Crippen molar-refractivity contribution in [2.75, 3.05) is 47.7 Å². The Kier molecular flexibility index (Phi) is 9.80. The van der Waals surface area contributed by atoms with E-state index in [2.05, 4.69) is 5.32 Å². The van der Waals surface area contributed by atoms with Gasteiger partial charge in [0.15, 0.2) is 0 Å². The van der Waals surface area contributed by atoms with Crippen LogP contribution in [-0.4, -0.2) is 53.7 Å². The third-order valence-electron chi connectivity index (χ3n) is 1.73. The third kappa shape index (κ3) is 8.18. The SMILES string of the molecule is CNC(COC)COCCCOC. The molecule has 1 atom stereocenters. The van der Waals surface area contributed by atoms with Gasteiger partial charge in [-0.3, -0.25) is 0 Å². The summed E-state index contributed by atoms with van der Waals surface area (Å²) in [6.07, 6.45) is 0.944. The minimum Gasteiger partial charge on any atom is -0.385 e.